The van der Waals surface area contributed by atoms with E-state index in [9.17, 15) is 18.0 Å². The number of rotatable bonds is 4. The van der Waals surface area contributed by atoms with Gasteiger partial charge in [0.05, 0.1) is 24.3 Å². The third-order valence-electron chi connectivity index (χ3n) is 1.83. The van der Waals surface area contributed by atoms with E-state index in [1.807, 2.05) is 0 Å². The summed E-state index contributed by atoms with van der Waals surface area (Å²) in [5.74, 6) is -3.29. The van der Waals surface area contributed by atoms with Crippen LogP contribution in [-0.4, -0.2) is 58.5 Å². The van der Waals surface area contributed by atoms with Crippen LogP contribution in [0.2, 0.25) is 0 Å². The van der Waals surface area contributed by atoms with Gasteiger partial charge < -0.3 is 20.4 Å². The van der Waals surface area contributed by atoms with Crippen molar-refractivity contribution in [1.29, 1.82) is 0 Å². The molecule has 0 unspecified atom stereocenters. The molecule has 9 nitrogen and oxygen atoms in total. The fourth-order valence-corrected chi connectivity index (χ4v) is 2.02. The molecule has 0 aliphatic rings. The van der Waals surface area contributed by atoms with Gasteiger partial charge in [0, 0.05) is 0 Å². The third-order valence-corrected chi connectivity index (χ3v) is 2.79. The summed E-state index contributed by atoms with van der Waals surface area (Å²) >= 11 is 0. The second-order valence-electron chi connectivity index (χ2n) is 3.21. The molecular formula is C12H16O9S. The van der Waals surface area contributed by atoms with Gasteiger partial charge in [0.2, 0.25) is 0 Å². The Balaban J connectivity index is 0. The summed E-state index contributed by atoms with van der Waals surface area (Å²) < 4.78 is 30.6. The minimum absolute atomic E-state index is 0.125. The van der Waals surface area contributed by atoms with Crippen molar-refractivity contribution in [3.8, 4) is 0 Å². The summed E-state index contributed by atoms with van der Waals surface area (Å²) in [4.78, 5) is 20.2. The van der Waals surface area contributed by atoms with Crippen LogP contribution in [0.4, 0.5) is 0 Å². The van der Waals surface area contributed by atoms with Crippen LogP contribution in [0.15, 0.2) is 36.3 Å². The number of carbonyl (C=O) groups is 2. The van der Waals surface area contributed by atoms with Crippen LogP contribution in [0.25, 0.3) is 0 Å². The first-order valence-corrected chi connectivity index (χ1v) is 6.89. The molecule has 0 aliphatic carbocycles. The highest BCUT2D eigenvalue weighted by Crippen LogP contribution is 2.20. The Morgan fingerprint density at radius 3 is 1.45 bits per heavy atom. The van der Waals surface area contributed by atoms with Crippen molar-refractivity contribution in [2.24, 2.45) is 0 Å². The number of benzene rings is 1. The number of aliphatic hydroxyl groups excluding tert-OH is 2. The maximum Gasteiger partial charge on any atom is 0.337 e. The zero-order chi connectivity index (χ0) is 17.9. The predicted octanol–water partition coefficient (Wildman–Crippen LogP) is 0.103. The number of aromatic carboxylic acids is 2. The zero-order valence-electron chi connectivity index (χ0n) is 11.3. The molecule has 5 N–H and O–H groups in total. The number of hydrogen-bond donors (Lipinski definition) is 5. The van der Waals surface area contributed by atoms with E-state index in [0.29, 0.717) is 0 Å². The highest BCUT2D eigenvalue weighted by molar-refractivity contribution is 7.86. The molecule has 1 aromatic rings. The average molecular weight is 336 g/mol. The molecule has 0 aliphatic heterocycles. The Labute approximate surface area is 126 Å². The lowest BCUT2D eigenvalue weighted by Crippen LogP contribution is -2.14. The molecular weight excluding hydrogens is 320 g/mol. The van der Waals surface area contributed by atoms with Crippen molar-refractivity contribution in [2.75, 3.05) is 13.2 Å². The maximum atomic E-state index is 10.9. The fourth-order valence-electron chi connectivity index (χ4n) is 1.15. The predicted molar refractivity (Wildman–Crippen MR) is 75.6 cm³/mol. The van der Waals surface area contributed by atoms with Crippen LogP contribution in [0, 0.1) is 0 Å². The third kappa shape index (κ3) is 6.95. The number of carboxylic acids is 2. The lowest BCUT2D eigenvalue weighted by Gasteiger charge is -2.05. The van der Waals surface area contributed by atoms with Gasteiger partial charge in [0.25, 0.3) is 10.1 Å². The van der Waals surface area contributed by atoms with Crippen LogP contribution < -0.4 is 0 Å². The molecule has 0 saturated carbocycles. The Bertz CT molecular complexity index is 573. The monoisotopic (exact) mass is 336 g/mol. The number of carboxylic acid groups (broad SMARTS) is 2. The molecule has 0 heterocycles. The SMILES string of the molecule is C=C.O=C(O)c1cccc(C(=O)O)c1S(=O)(=O)O.OCCO. The zero-order valence-corrected chi connectivity index (χ0v) is 12.2. The van der Waals surface area contributed by atoms with Crippen molar-refractivity contribution >= 4 is 22.1 Å². The number of hydrogen-bond acceptors (Lipinski definition) is 6. The molecule has 1 aromatic carbocycles. The minimum Gasteiger partial charge on any atom is -0.478 e. The van der Waals surface area contributed by atoms with E-state index >= 15 is 0 Å². The van der Waals surface area contributed by atoms with Crippen molar-refractivity contribution in [2.45, 2.75) is 4.90 Å². The minimum atomic E-state index is -4.92. The molecule has 0 saturated heterocycles. The summed E-state index contributed by atoms with van der Waals surface area (Å²) in [5, 5.41) is 32.6. The van der Waals surface area contributed by atoms with Gasteiger partial charge in [-0.25, -0.2) is 9.59 Å². The van der Waals surface area contributed by atoms with E-state index in [2.05, 4.69) is 13.2 Å². The van der Waals surface area contributed by atoms with Crippen molar-refractivity contribution in [1.82, 2.24) is 0 Å². The van der Waals surface area contributed by atoms with Crippen molar-refractivity contribution < 1.29 is 43.0 Å². The molecule has 124 valence electrons. The Morgan fingerprint density at radius 1 is 0.955 bits per heavy atom. The van der Waals surface area contributed by atoms with Gasteiger partial charge in [-0.3, -0.25) is 4.55 Å². The smallest absolute Gasteiger partial charge is 0.337 e. The van der Waals surface area contributed by atoms with Crippen molar-refractivity contribution in [3.05, 3.63) is 42.5 Å². The largest absolute Gasteiger partial charge is 0.478 e. The Morgan fingerprint density at radius 2 is 1.27 bits per heavy atom. The average Bonchev–Trinajstić information content (AvgIpc) is 2.47. The van der Waals surface area contributed by atoms with E-state index in [4.69, 9.17) is 25.0 Å². The highest BCUT2D eigenvalue weighted by Gasteiger charge is 2.26. The van der Waals surface area contributed by atoms with Crippen molar-refractivity contribution in [3.63, 3.8) is 0 Å². The van der Waals surface area contributed by atoms with Gasteiger partial charge in [-0.1, -0.05) is 6.07 Å². The number of aliphatic hydroxyl groups is 2. The standard InChI is InChI=1S/C8H6O7S.C2H6O2.C2H4/c9-7(10)4-2-1-3-5(8(11)12)6(4)16(13,14)15;3-1-2-4;1-2/h1-3H,(H,9,10)(H,11,12)(H,13,14,15);3-4H,1-2H2;1-2H2. The van der Waals surface area contributed by atoms with Gasteiger partial charge >= 0.3 is 11.9 Å². The van der Waals surface area contributed by atoms with Crippen LogP contribution in [0.1, 0.15) is 20.7 Å². The summed E-state index contributed by atoms with van der Waals surface area (Å²) in [6, 6.07) is 2.84. The Kier molecular flexibility index (Phi) is 10.5. The van der Waals surface area contributed by atoms with E-state index in [1.165, 1.54) is 0 Å². The van der Waals surface area contributed by atoms with Gasteiger partial charge in [-0.05, 0) is 12.1 Å². The van der Waals surface area contributed by atoms with Gasteiger partial charge in [0.1, 0.15) is 4.90 Å². The highest BCUT2D eigenvalue weighted by atomic mass is 32.2. The first-order valence-electron chi connectivity index (χ1n) is 5.45. The normalized spacial score (nSPS) is 9.59. The molecule has 0 bridgehead atoms. The maximum absolute atomic E-state index is 10.9. The lowest BCUT2D eigenvalue weighted by atomic mass is 10.1. The van der Waals surface area contributed by atoms with E-state index in [0.717, 1.165) is 18.2 Å². The first-order chi connectivity index (χ1) is 10.2. The fraction of sp³-hybridized carbons (Fsp3) is 0.167. The Hall–Kier alpha value is -2.27. The first kappa shape index (κ1) is 22.0. The molecule has 22 heavy (non-hydrogen) atoms. The molecule has 10 heteroatoms. The van der Waals surface area contributed by atoms with Gasteiger partial charge in [-0.2, -0.15) is 8.42 Å². The van der Waals surface area contributed by atoms with Crippen LogP contribution >= 0.6 is 0 Å². The topological polar surface area (TPSA) is 169 Å². The molecule has 0 radical (unpaired) electrons. The lowest BCUT2D eigenvalue weighted by molar-refractivity contribution is 0.0688. The van der Waals surface area contributed by atoms with Crippen LogP contribution in [0.5, 0.6) is 0 Å². The molecule has 0 amide bonds. The van der Waals surface area contributed by atoms with Crippen LogP contribution in [-0.2, 0) is 10.1 Å². The molecule has 0 aromatic heterocycles. The van der Waals surface area contributed by atoms with Gasteiger partial charge in [-0.15, -0.1) is 13.2 Å². The summed E-state index contributed by atoms with van der Waals surface area (Å²) in [6.07, 6.45) is 0. The summed E-state index contributed by atoms with van der Waals surface area (Å²) in [7, 11) is -4.92. The molecule has 0 atom stereocenters. The second-order valence-corrected chi connectivity index (χ2v) is 4.57. The molecule has 0 spiro atoms. The quantitative estimate of drug-likeness (QED) is 0.378. The summed E-state index contributed by atoms with van der Waals surface area (Å²) in [6.45, 7) is 5.75. The van der Waals surface area contributed by atoms with E-state index in [-0.39, 0.29) is 13.2 Å². The van der Waals surface area contributed by atoms with Gasteiger partial charge in [0.15, 0.2) is 0 Å². The molecule has 0 fully saturated rings. The van der Waals surface area contributed by atoms with E-state index in [1.54, 1.807) is 0 Å². The second kappa shape index (κ2) is 10.5. The molecule has 1 rings (SSSR count). The van der Waals surface area contributed by atoms with E-state index < -0.39 is 38.1 Å². The summed E-state index contributed by atoms with van der Waals surface area (Å²) in [5.41, 5.74) is -1.58. The van der Waals surface area contributed by atoms with Crippen LogP contribution in [0.3, 0.4) is 0 Å².